The summed E-state index contributed by atoms with van der Waals surface area (Å²) >= 11 is 0. The molecule has 1 aromatic carbocycles. The fourth-order valence-electron chi connectivity index (χ4n) is 2.81. The zero-order chi connectivity index (χ0) is 15.5. The molecule has 1 fully saturated rings. The fraction of sp³-hybridized carbons (Fsp3) is 0.571. The topological polar surface area (TPSA) is 57.6 Å². The first-order valence-corrected chi connectivity index (χ1v) is 8.51. The molecule has 0 spiro atoms. The zero-order valence-electron chi connectivity index (χ0n) is 11.6. The maximum absolute atomic E-state index is 12.8. The molecule has 4 nitrogen and oxygen atoms in total. The third kappa shape index (κ3) is 3.35. The predicted octanol–water partition coefficient (Wildman–Crippen LogP) is 2.42. The van der Waals surface area contributed by atoms with Crippen LogP contribution in [0.1, 0.15) is 25.7 Å². The number of rotatable bonds is 6. The highest BCUT2D eigenvalue weighted by Gasteiger charge is 2.33. The standard InChI is InChI=1S/C14H19F2NO3S/c15-14(16)21(19,20)13-8-2-1-7-12(13)17-9-3-5-11(17)6-4-10-18/h1-2,7-8,11,14,18H,3-6,9-10H2. The molecule has 118 valence electrons. The molecule has 1 unspecified atom stereocenters. The van der Waals surface area contributed by atoms with E-state index in [2.05, 4.69) is 0 Å². The van der Waals surface area contributed by atoms with Gasteiger partial charge in [-0.05, 0) is 37.8 Å². The number of aliphatic hydroxyl groups excluding tert-OH is 1. The van der Waals surface area contributed by atoms with Crippen LogP contribution >= 0.6 is 0 Å². The summed E-state index contributed by atoms with van der Waals surface area (Å²) in [7, 11) is -4.61. The summed E-state index contributed by atoms with van der Waals surface area (Å²) in [5, 5.41) is 8.93. The second kappa shape index (κ2) is 6.70. The smallest absolute Gasteiger partial charge is 0.341 e. The first-order chi connectivity index (χ1) is 9.98. The predicted molar refractivity (Wildman–Crippen MR) is 76.3 cm³/mol. The second-order valence-corrected chi connectivity index (χ2v) is 7.01. The van der Waals surface area contributed by atoms with Gasteiger partial charge in [0.1, 0.15) is 0 Å². The zero-order valence-corrected chi connectivity index (χ0v) is 12.4. The fourth-order valence-corrected chi connectivity index (χ4v) is 3.75. The molecular formula is C14H19F2NO3S. The van der Waals surface area contributed by atoms with E-state index in [4.69, 9.17) is 5.11 Å². The van der Waals surface area contributed by atoms with Crippen molar-refractivity contribution in [2.45, 2.75) is 42.4 Å². The molecule has 0 amide bonds. The van der Waals surface area contributed by atoms with Gasteiger partial charge in [0.2, 0.25) is 9.84 Å². The molecule has 21 heavy (non-hydrogen) atoms. The number of hydrogen-bond acceptors (Lipinski definition) is 4. The number of aliphatic hydroxyl groups is 1. The van der Waals surface area contributed by atoms with Crippen molar-refractivity contribution in [3.05, 3.63) is 24.3 Å². The van der Waals surface area contributed by atoms with Crippen molar-refractivity contribution in [2.75, 3.05) is 18.1 Å². The van der Waals surface area contributed by atoms with Crippen LogP contribution in [0, 0.1) is 0 Å². The monoisotopic (exact) mass is 319 g/mol. The number of hydrogen-bond donors (Lipinski definition) is 1. The molecule has 1 aliphatic rings. The lowest BCUT2D eigenvalue weighted by atomic mass is 10.1. The minimum Gasteiger partial charge on any atom is -0.396 e. The quantitative estimate of drug-likeness (QED) is 0.875. The maximum atomic E-state index is 12.8. The molecule has 1 saturated heterocycles. The Morgan fingerprint density at radius 2 is 2.05 bits per heavy atom. The Hall–Kier alpha value is -1.21. The second-order valence-electron chi connectivity index (χ2n) is 5.13. The van der Waals surface area contributed by atoms with Crippen molar-refractivity contribution in [2.24, 2.45) is 0 Å². The number of para-hydroxylation sites is 1. The molecule has 1 aromatic rings. The largest absolute Gasteiger partial charge is 0.396 e. The van der Waals surface area contributed by atoms with Gasteiger partial charge in [0, 0.05) is 19.2 Å². The van der Waals surface area contributed by atoms with Gasteiger partial charge in [0.05, 0.1) is 10.6 Å². The lowest BCUT2D eigenvalue weighted by molar-refractivity contribution is 0.235. The van der Waals surface area contributed by atoms with Crippen LogP contribution in [0.2, 0.25) is 0 Å². The minimum absolute atomic E-state index is 0.0708. The number of alkyl halides is 2. The van der Waals surface area contributed by atoms with E-state index in [0.717, 1.165) is 19.3 Å². The average Bonchev–Trinajstić information content (AvgIpc) is 2.93. The molecule has 0 aliphatic carbocycles. The van der Waals surface area contributed by atoms with Gasteiger partial charge in [-0.3, -0.25) is 0 Å². The van der Waals surface area contributed by atoms with E-state index in [1.54, 1.807) is 12.1 Å². The highest BCUT2D eigenvalue weighted by molar-refractivity contribution is 7.91. The van der Waals surface area contributed by atoms with Gasteiger partial charge in [-0.25, -0.2) is 8.42 Å². The lowest BCUT2D eigenvalue weighted by Crippen LogP contribution is -2.31. The summed E-state index contributed by atoms with van der Waals surface area (Å²) in [5.41, 5.74) is 0.346. The Morgan fingerprint density at radius 1 is 1.33 bits per heavy atom. The molecule has 1 heterocycles. The van der Waals surface area contributed by atoms with Crippen molar-refractivity contribution >= 4 is 15.5 Å². The van der Waals surface area contributed by atoms with Crippen LogP contribution in [-0.4, -0.2) is 38.5 Å². The molecule has 0 aromatic heterocycles. The molecule has 1 atom stereocenters. The van der Waals surface area contributed by atoms with Gasteiger partial charge in [0.15, 0.2) is 0 Å². The van der Waals surface area contributed by atoms with Crippen LogP contribution in [0.15, 0.2) is 29.2 Å². The van der Waals surface area contributed by atoms with Gasteiger partial charge >= 0.3 is 5.76 Å². The molecule has 2 rings (SSSR count). The number of benzene rings is 1. The Kier molecular flexibility index (Phi) is 5.16. The van der Waals surface area contributed by atoms with Crippen LogP contribution in [0.5, 0.6) is 0 Å². The Balaban J connectivity index is 2.36. The average molecular weight is 319 g/mol. The van der Waals surface area contributed by atoms with Crippen molar-refractivity contribution in [1.29, 1.82) is 0 Å². The minimum atomic E-state index is -4.61. The molecule has 0 radical (unpaired) electrons. The molecule has 0 bridgehead atoms. The number of halogens is 2. The van der Waals surface area contributed by atoms with Gasteiger partial charge in [-0.15, -0.1) is 0 Å². The van der Waals surface area contributed by atoms with Gasteiger partial charge < -0.3 is 10.0 Å². The van der Waals surface area contributed by atoms with Crippen LogP contribution in [0.3, 0.4) is 0 Å². The highest BCUT2D eigenvalue weighted by Crippen LogP contribution is 2.34. The van der Waals surface area contributed by atoms with Gasteiger partial charge in [0.25, 0.3) is 0 Å². The van der Waals surface area contributed by atoms with Crippen molar-refractivity contribution in [3.63, 3.8) is 0 Å². The van der Waals surface area contributed by atoms with E-state index in [0.29, 0.717) is 18.7 Å². The lowest BCUT2D eigenvalue weighted by Gasteiger charge is -2.28. The number of nitrogens with zero attached hydrogens (tertiary/aromatic N) is 1. The third-order valence-electron chi connectivity index (χ3n) is 3.79. The number of sulfone groups is 1. The van der Waals surface area contributed by atoms with E-state index < -0.39 is 15.6 Å². The molecule has 1 N–H and O–H groups in total. The van der Waals surface area contributed by atoms with E-state index in [-0.39, 0.29) is 17.5 Å². The van der Waals surface area contributed by atoms with Crippen LogP contribution in [0.25, 0.3) is 0 Å². The SMILES string of the molecule is O=S(=O)(c1ccccc1N1CCCC1CCCO)C(F)F. The van der Waals surface area contributed by atoms with Gasteiger partial charge in [-0.2, -0.15) is 8.78 Å². The Labute approximate surface area is 123 Å². The van der Waals surface area contributed by atoms with E-state index >= 15 is 0 Å². The third-order valence-corrected chi connectivity index (χ3v) is 5.22. The van der Waals surface area contributed by atoms with Crippen molar-refractivity contribution in [3.8, 4) is 0 Å². The van der Waals surface area contributed by atoms with Crippen molar-refractivity contribution in [1.82, 2.24) is 0 Å². The van der Waals surface area contributed by atoms with Crippen LogP contribution in [0.4, 0.5) is 14.5 Å². The normalized spacial score (nSPS) is 19.4. The summed E-state index contributed by atoms with van der Waals surface area (Å²) in [5.74, 6) is -3.42. The molecule has 0 saturated carbocycles. The van der Waals surface area contributed by atoms with E-state index in [1.807, 2.05) is 4.90 Å². The van der Waals surface area contributed by atoms with Crippen LogP contribution < -0.4 is 4.90 Å². The van der Waals surface area contributed by atoms with E-state index in [9.17, 15) is 17.2 Å². The summed E-state index contributed by atoms with van der Waals surface area (Å²) in [6.07, 6.45) is 3.10. The molecule has 7 heteroatoms. The summed E-state index contributed by atoms with van der Waals surface area (Å²) in [6, 6.07) is 6.01. The first kappa shape index (κ1) is 16.2. The Bertz CT molecular complexity index is 577. The number of anilines is 1. The highest BCUT2D eigenvalue weighted by atomic mass is 32.2. The van der Waals surface area contributed by atoms with Crippen LogP contribution in [-0.2, 0) is 9.84 Å². The summed E-state index contributed by atoms with van der Waals surface area (Å²) in [6.45, 7) is 0.715. The summed E-state index contributed by atoms with van der Waals surface area (Å²) < 4.78 is 49.3. The molecule has 1 aliphatic heterocycles. The first-order valence-electron chi connectivity index (χ1n) is 6.97. The van der Waals surface area contributed by atoms with Gasteiger partial charge in [-0.1, -0.05) is 12.1 Å². The van der Waals surface area contributed by atoms with Crippen molar-refractivity contribution < 1.29 is 22.3 Å². The van der Waals surface area contributed by atoms with E-state index in [1.165, 1.54) is 12.1 Å². The molecular weight excluding hydrogens is 300 g/mol. The Morgan fingerprint density at radius 3 is 2.71 bits per heavy atom. The maximum Gasteiger partial charge on any atom is 0.341 e. The summed E-state index contributed by atoms with van der Waals surface area (Å²) in [4.78, 5) is 1.57.